The van der Waals surface area contributed by atoms with Crippen LogP contribution in [0.5, 0.6) is 0 Å². The van der Waals surface area contributed by atoms with Gasteiger partial charge >= 0.3 is 12.0 Å². The molecule has 2 amide bonds. The summed E-state index contributed by atoms with van der Waals surface area (Å²) in [6, 6.07) is 0.116. The lowest BCUT2D eigenvalue weighted by Gasteiger charge is -2.40. The average Bonchev–Trinajstić information content (AvgIpc) is 2.41. The monoisotopic (exact) mass is 282 g/mol. The van der Waals surface area contributed by atoms with Gasteiger partial charge in [-0.2, -0.15) is 0 Å². The quantitative estimate of drug-likeness (QED) is 0.817. The van der Waals surface area contributed by atoms with E-state index in [2.05, 4.69) is 19.2 Å². The third-order valence-corrected chi connectivity index (χ3v) is 4.86. The van der Waals surface area contributed by atoms with Crippen molar-refractivity contribution in [3.05, 3.63) is 0 Å². The van der Waals surface area contributed by atoms with Gasteiger partial charge in [-0.1, -0.05) is 26.7 Å². The molecule has 2 rings (SSSR count). The second-order valence-electron chi connectivity index (χ2n) is 6.86. The predicted molar refractivity (Wildman–Crippen MR) is 76.5 cm³/mol. The highest BCUT2D eigenvalue weighted by Gasteiger charge is 2.35. The summed E-state index contributed by atoms with van der Waals surface area (Å²) in [5, 5.41) is 12.2. The molecule has 1 saturated carbocycles. The number of carboxylic acid groups (broad SMARTS) is 1. The molecule has 2 atom stereocenters. The van der Waals surface area contributed by atoms with Crippen molar-refractivity contribution in [1.82, 2.24) is 10.2 Å². The van der Waals surface area contributed by atoms with Crippen LogP contribution >= 0.6 is 0 Å². The van der Waals surface area contributed by atoms with Crippen molar-refractivity contribution in [2.24, 2.45) is 11.3 Å². The Hall–Kier alpha value is -1.26. The van der Waals surface area contributed by atoms with E-state index < -0.39 is 11.9 Å². The van der Waals surface area contributed by atoms with Crippen molar-refractivity contribution < 1.29 is 14.7 Å². The summed E-state index contributed by atoms with van der Waals surface area (Å²) >= 11 is 0. The van der Waals surface area contributed by atoms with Crippen molar-refractivity contribution in [3.8, 4) is 0 Å². The maximum Gasteiger partial charge on any atom is 0.317 e. The minimum Gasteiger partial charge on any atom is -0.481 e. The van der Waals surface area contributed by atoms with E-state index in [-0.39, 0.29) is 17.5 Å². The Balaban J connectivity index is 1.92. The summed E-state index contributed by atoms with van der Waals surface area (Å²) < 4.78 is 0. The molecule has 2 N–H and O–H groups in total. The summed E-state index contributed by atoms with van der Waals surface area (Å²) in [7, 11) is 0. The Morgan fingerprint density at radius 3 is 2.60 bits per heavy atom. The summed E-state index contributed by atoms with van der Waals surface area (Å²) in [6.07, 6.45) is 5.99. The number of hydrogen-bond acceptors (Lipinski definition) is 2. The van der Waals surface area contributed by atoms with Crippen LogP contribution < -0.4 is 5.32 Å². The molecular formula is C15H26N2O3. The van der Waals surface area contributed by atoms with Crippen LogP contribution in [0.25, 0.3) is 0 Å². The molecule has 2 fully saturated rings. The molecule has 1 aliphatic heterocycles. The van der Waals surface area contributed by atoms with Crippen molar-refractivity contribution >= 4 is 12.0 Å². The first-order chi connectivity index (χ1) is 9.40. The van der Waals surface area contributed by atoms with Crippen LogP contribution in [0.15, 0.2) is 0 Å². The van der Waals surface area contributed by atoms with E-state index >= 15 is 0 Å². The molecular weight excluding hydrogens is 256 g/mol. The molecule has 1 saturated heterocycles. The average molecular weight is 282 g/mol. The van der Waals surface area contributed by atoms with E-state index in [0.717, 1.165) is 25.7 Å². The standard InChI is InChI=1S/C15H26N2O3/c1-15(2)8-4-3-7-12(15)16-14(20)17-9-5-6-11(10-17)13(18)19/h11-12H,3-10H2,1-2H3,(H,16,20)(H,18,19)/t11-,12?/m0/s1. The minimum absolute atomic E-state index is 0.0871. The van der Waals surface area contributed by atoms with E-state index in [4.69, 9.17) is 5.11 Å². The second kappa shape index (κ2) is 6.02. The number of aliphatic carboxylic acids is 1. The zero-order chi connectivity index (χ0) is 14.8. The maximum atomic E-state index is 12.3. The zero-order valence-electron chi connectivity index (χ0n) is 12.5. The highest BCUT2D eigenvalue weighted by atomic mass is 16.4. The van der Waals surface area contributed by atoms with Gasteiger partial charge in [-0.05, 0) is 31.1 Å². The molecule has 5 heteroatoms. The van der Waals surface area contributed by atoms with Crippen molar-refractivity contribution in [1.29, 1.82) is 0 Å². The number of carboxylic acids is 1. The van der Waals surface area contributed by atoms with Gasteiger partial charge < -0.3 is 15.3 Å². The third kappa shape index (κ3) is 3.44. The fraction of sp³-hybridized carbons (Fsp3) is 0.867. The molecule has 1 aliphatic carbocycles. The largest absolute Gasteiger partial charge is 0.481 e. The van der Waals surface area contributed by atoms with Gasteiger partial charge in [0.05, 0.1) is 5.92 Å². The smallest absolute Gasteiger partial charge is 0.317 e. The van der Waals surface area contributed by atoms with E-state index in [0.29, 0.717) is 19.5 Å². The van der Waals surface area contributed by atoms with Crippen molar-refractivity contribution in [2.75, 3.05) is 13.1 Å². The van der Waals surface area contributed by atoms with Gasteiger partial charge in [0.15, 0.2) is 0 Å². The maximum absolute atomic E-state index is 12.3. The first-order valence-corrected chi connectivity index (χ1v) is 7.68. The minimum atomic E-state index is -0.791. The van der Waals surface area contributed by atoms with Crippen molar-refractivity contribution in [2.45, 2.75) is 58.4 Å². The lowest BCUT2D eigenvalue weighted by atomic mass is 9.73. The number of nitrogens with zero attached hydrogens (tertiary/aromatic N) is 1. The zero-order valence-corrected chi connectivity index (χ0v) is 12.5. The third-order valence-electron chi connectivity index (χ3n) is 4.86. The molecule has 1 heterocycles. The highest BCUT2D eigenvalue weighted by molar-refractivity contribution is 5.76. The fourth-order valence-corrected chi connectivity index (χ4v) is 3.37. The molecule has 20 heavy (non-hydrogen) atoms. The van der Waals surface area contributed by atoms with Crippen molar-refractivity contribution in [3.63, 3.8) is 0 Å². The second-order valence-corrected chi connectivity index (χ2v) is 6.86. The molecule has 5 nitrogen and oxygen atoms in total. The van der Waals surface area contributed by atoms with Crippen LogP contribution in [0.1, 0.15) is 52.4 Å². The number of rotatable bonds is 2. The lowest BCUT2D eigenvalue weighted by Crippen LogP contribution is -2.53. The van der Waals surface area contributed by atoms with E-state index in [1.165, 1.54) is 6.42 Å². The van der Waals surface area contributed by atoms with Gasteiger partial charge in [-0.15, -0.1) is 0 Å². The Bertz CT molecular complexity index is 381. The highest BCUT2D eigenvalue weighted by Crippen LogP contribution is 2.35. The van der Waals surface area contributed by atoms with Crippen LogP contribution in [0.3, 0.4) is 0 Å². The van der Waals surface area contributed by atoms with E-state index in [1.807, 2.05) is 0 Å². The Morgan fingerprint density at radius 2 is 1.95 bits per heavy atom. The normalized spacial score (nSPS) is 29.8. The topological polar surface area (TPSA) is 69.6 Å². The molecule has 0 aromatic heterocycles. The van der Waals surface area contributed by atoms with Crippen LogP contribution in [-0.2, 0) is 4.79 Å². The number of amides is 2. The first-order valence-electron chi connectivity index (χ1n) is 7.68. The number of urea groups is 1. The molecule has 0 bridgehead atoms. The van der Waals surface area contributed by atoms with Crippen LogP contribution in [-0.4, -0.2) is 41.1 Å². The molecule has 0 aromatic rings. The van der Waals surface area contributed by atoms with Gasteiger partial charge in [0, 0.05) is 19.1 Å². The number of hydrogen-bond donors (Lipinski definition) is 2. The van der Waals surface area contributed by atoms with Gasteiger partial charge in [0.25, 0.3) is 0 Å². The molecule has 0 radical (unpaired) electrons. The number of likely N-dealkylation sites (tertiary alicyclic amines) is 1. The van der Waals surface area contributed by atoms with E-state index in [9.17, 15) is 9.59 Å². The van der Waals surface area contributed by atoms with Gasteiger partial charge in [0.1, 0.15) is 0 Å². The van der Waals surface area contributed by atoms with Crippen LogP contribution in [0.4, 0.5) is 4.79 Å². The number of carbonyl (C=O) groups excluding carboxylic acids is 1. The molecule has 1 unspecified atom stereocenters. The molecule has 0 aromatic carbocycles. The van der Waals surface area contributed by atoms with E-state index in [1.54, 1.807) is 4.90 Å². The Morgan fingerprint density at radius 1 is 1.20 bits per heavy atom. The van der Waals surface area contributed by atoms with Crippen LogP contribution in [0, 0.1) is 11.3 Å². The van der Waals surface area contributed by atoms with Crippen LogP contribution in [0.2, 0.25) is 0 Å². The Kier molecular flexibility index (Phi) is 4.55. The predicted octanol–water partition coefficient (Wildman–Crippen LogP) is 2.46. The molecule has 0 spiro atoms. The summed E-state index contributed by atoms with van der Waals surface area (Å²) in [6.45, 7) is 5.41. The molecule has 114 valence electrons. The van der Waals surface area contributed by atoms with Gasteiger partial charge in [0.2, 0.25) is 0 Å². The number of piperidine rings is 1. The summed E-state index contributed by atoms with van der Waals surface area (Å²) in [5.74, 6) is -1.20. The lowest BCUT2D eigenvalue weighted by molar-refractivity contribution is -0.143. The summed E-state index contributed by atoms with van der Waals surface area (Å²) in [4.78, 5) is 25.1. The SMILES string of the molecule is CC1(C)CCCCC1NC(=O)N1CCC[C@H](C(=O)O)C1. The first kappa shape index (κ1) is 15.1. The Labute approximate surface area is 120 Å². The number of carbonyl (C=O) groups is 2. The summed E-state index contributed by atoms with van der Waals surface area (Å²) in [5.41, 5.74) is 0.135. The molecule has 2 aliphatic rings. The number of nitrogens with one attached hydrogen (secondary N) is 1. The fourth-order valence-electron chi connectivity index (χ4n) is 3.37. The van der Waals surface area contributed by atoms with Gasteiger partial charge in [-0.25, -0.2) is 4.79 Å². The van der Waals surface area contributed by atoms with Gasteiger partial charge in [-0.3, -0.25) is 4.79 Å².